The van der Waals surface area contributed by atoms with Gasteiger partial charge in [-0.2, -0.15) is 0 Å². The molecule has 112 valence electrons. The van der Waals surface area contributed by atoms with Crippen molar-refractivity contribution in [2.45, 2.75) is 25.4 Å². The maximum atomic E-state index is 10.4. The van der Waals surface area contributed by atoms with Crippen LogP contribution >= 0.6 is 0 Å². The van der Waals surface area contributed by atoms with Crippen molar-refractivity contribution in [3.05, 3.63) is 23.0 Å². The van der Waals surface area contributed by atoms with Gasteiger partial charge in [-0.05, 0) is 39.4 Å². The molecule has 2 N–H and O–H groups in total. The molecule has 0 spiro atoms. The van der Waals surface area contributed by atoms with Crippen molar-refractivity contribution in [3.63, 3.8) is 0 Å². The quantitative estimate of drug-likeness (QED) is 0.755. The van der Waals surface area contributed by atoms with E-state index >= 15 is 0 Å². The summed E-state index contributed by atoms with van der Waals surface area (Å²) in [4.78, 5) is 18.1. The van der Waals surface area contributed by atoms with Crippen molar-refractivity contribution in [3.8, 4) is 0 Å². The standard InChI is InChI=1S/C9H11NO2.C6H14N2/c11-5-6-4-7-8(10-6)2-1-3-9(7)12;1-7-3-5-8(2)6-4-7/h4-5,9-10,12H,1-3H2;3-6H2,1-2H3. The maximum absolute atomic E-state index is 10.4. The Balaban J connectivity index is 0.000000160. The van der Waals surface area contributed by atoms with Crippen LogP contribution in [0.1, 0.15) is 40.7 Å². The predicted molar refractivity (Wildman–Crippen MR) is 79.1 cm³/mol. The maximum Gasteiger partial charge on any atom is 0.166 e. The van der Waals surface area contributed by atoms with Crippen molar-refractivity contribution in [2.24, 2.45) is 0 Å². The lowest BCUT2D eigenvalue weighted by Crippen LogP contribution is -2.42. The second-order valence-corrected chi connectivity index (χ2v) is 5.79. The fourth-order valence-corrected chi connectivity index (χ4v) is 2.64. The number of likely N-dealkylation sites (N-methyl/N-ethyl adjacent to an activating group) is 2. The van der Waals surface area contributed by atoms with Crippen molar-refractivity contribution >= 4 is 6.29 Å². The van der Waals surface area contributed by atoms with Crippen LogP contribution in [0.15, 0.2) is 6.07 Å². The normalized spacial score (nSPS) is 23.6. The zero-order valence-electron chi connectivity index (χ0n) is 12.4. The molecule has 0 saturated carbocycles. The molecule has 5 heteroatoms. The minimum Gasteiger partial charge on any atom is -0.388 e. The fourth-order valence-electron chi connectivity index (χ4n) is 2.64. The van der Waals surface area contributed by atoms with Crippen LogP contribution in [0.2, 0.25) is 0 Å². The van der Waals surface area contributed by atoms with Crippen LogP contribution in [0.3, 0.4) is 0 Å². The first-order chi connectivity index (χ1) is 9.60. The zero-order chi connectivity index (χ0) is 14.5. The number of carbonyl (C=O) groups excluding carboxylic acids is 1. The van der Waals surface area contributed by atoms with Crippen molar-refractivity contribution < 1.29 is 9.90 Å². The number of H-pyrrole nitrogens is 1. The van der Waals surface area contributed by atoms with Crippen LogP contribution in [0.25, 0.3) is 0 Å². The van der Waals surface area contributed by atoms with Crippen molar-refractivity contribution in [1.82, 2.24) is 14.8 Å². The lowest BCUT2D eigenvalue weighted by atomic mass is 9.95. The highest BCUT2D eigenvalue weighted by atomic mass is 16.3. The number of aliphatic hydroxyl groups excluding tert-OH is 1. The number of aldehydes is 1. The number of nitrogens with one attached hydrogen (secondary N) is 1. The van der Waals surface area contributed by atoms with Crippen molar-refractivity contribution in [1.29, 1.82) is 0 Å². The van der Waals surface area contributed by atoms with Crippen LogP contribution in [0.5, 0.6) is 0 Å². The highest BCUT2D eigenvalue weighted by molar-refractivity contribution is 5.73. The third-order valence-electron chi connectivity index (χ3n) is 4.07. The van der Waals surface area contributed by atoms with E-state index < -0.39 is 0 Å². The Kier molecular flexibility index (Phi) is 5.34. The van der Waals surface area contributed by atoms with Crippen molar-refractivity contribution in [2.75, 3.05) is 40.3 Å². The van der Waals surface area contributed by atoms with Gasteiger partial charge in [0.15, 0.2) is 6.29 Å². The Hall–Kier alpha value is -1.17. The number of carbonyl (C=O) groups is 1. The minimum absolute atomic E-state index is 0.376. The summed E-state index contributed by atoms with van der Waals surface area (Å²) in [5.41, 5.74) is 2.50. The third-order valence-corrected chi connectivity index (χ3v) is 4.07. The molecule has 0 amide bonds. The third kappa shape index (κ3) is 3.91. The number of nitrogens with zero attached hydrogens (tertiary/aromatic N) is 2. The molecule has 20 heavy (non-hydrogen) atoms. The van der Waals surface area contributed by atoms with E-state index in [9.17, 15) is 9.90 Å². The second kappa shape index (κ2) is 7.02. The summed E-state index contributed by atoms with van der Waals surface area (Å²) < 4.78 is 0. The van der Waals surface area contributed by atoms with E-state index in [2.05, 4.69) is 28.9 Å². The largest absolute Gasteiger partial charge is 0.388 e. The molecule has 0 radical (unpaired) electrons. The number of aryl methyl sites for hydroxylation is 1. The number of aliphatic hydroxyl groups is 1. The van der Waals surface area contributed by atoms with E-state index in [4.69, 9.17) is 0 Å². The van der Waals surface area contributed by atoms with Crippen LogP contribution in [0, 0.1) is 0 Å². The molecule has 1 aliphatic heterocycles. The highest BCUT2D eigenvalue weighted by Crippen LogP contribution is 2.29. The molecular formula is C15H25N3O2. The molecule has 0 aromatic carbocycles. The molecular weight excluding hydrogens is 254 g/mol. The fraction of sp³-hybridized carbons (Fsp3) is 0.667. The molecule has 2 heterocycles. The lowest BCUT2D eigenvalue weighted by molar-refractivity contribution is 0.111. The van der Waals surface area contributed by atoms with Crippen LogP contribution in [-0.4, -0.2) is 66.5 Å². The van der Waals surface area contributed by atoms with E-state index in [1.807, 2.05) is 0 Å². The van der Waals surface area contributed by atoms with Gasteiger partial charge in [-0.25, -0.2) is 0 Å². The Morgan fingerprint density at radius 3 is 2.35 bits per heavy atom. The Morgan fingerprint density at radius 2 is 1.85 bits per heavy atom. The molecule has 0 bridgehead atoms. The Bertz CT molecular complexity index is 426. The molecule has 5 nitrogen and oxygen atoms in total. The lowest BCUT2D eigenvalue weighted by Gasteiger charge is -2.28. The molecule has 3 rings (SSSR count). The molecule has 1 atom stereocenters. The Labute approximate surface area is 120 Å². The van der Waals surface area contributed by atoms with Gasteiger partial charge in [-0.1, -0.05) is 0 Å². The van der Waals surface area contributed by atoms with E-state index in [0.717, 1.165) is 36.8 Å². The van der Waals surface area contributed by atoms with E-state index in [-0.39, 0.29) is 6.10 Å². The summed E-state index contributed by atoms with van der Waals surface area (Å²) in [6.07, 6.45) is 3.15. The molecule has 1 fully saturated rings. The molecule has 2 aliphatic rings. The molecule has 1 aromatic heterocycles. The van der Waals surface area contributed by atoms with E-state index in [0.29, 0.717) is 5.69 Å². The highest BCUT2D eigenvalue weighted by Gasteiger charge is 2.19. The number of fused-ring (bicyclic) bond motifs is 1. The van der Waals surface area contributed by atoms with Crippen LogP contribution in [-0.2, 0) is 6.42 Å². The van der Waals surface area contributed by atoms with Gasteiger partial charge in [-0.15, -0.1) is 0 Å². The average molecular weight is 279 g/mol. The van der Waals surface area contributed by atoms with Gasteiger partial charge in [0.05, 0.1) is 11.8 Å². The molecule has 1 unspecified atom stereocenters. The zero-order valence-corrected chi connectivity index (χ0v) is 12.4. The van der Waals surface area contributed by atoms with Crippen LogP contribution in [0.4, 0.5) is 0 Å². The smallest absolute Gasteiger partial charge is 0.166 e. The minimum atomic E-state index is -0.376. The first kappa shape index (κ1) is 15.2. The molecule has 1 aliphatic carbocycles. The molecule has 1 aromatic rings. The summed E-state index contributed by atoms with van der Waals surface area (Å²) in [5.74, 6) is 0. The van der Waals surface area contributed by atoms with Crippen LogP contribution < -0.4 is 0 Å². The number of aromatic amines is 1. The van der Waals surface area contributed by atoms with Gasteiger partial charge in [0.1, 0.15) is 0 Å². The predicted octanol–water partition coefficient (Wildman–Crippen LogP) is 1.06. The van der Waals surface area contributed by atoms with Gasteiger partial charge >= 0.3 is 0 Å². The monoisotopic (exact) mass is 279 g/mol. The summed E-state index contributed by atoms with van der Waals surface area (Å²) in [7, 11) is 4.35. The first-order valence-corrected chi connectivity index (χ1v) is 7.32. The van der Waals surface area contributed by atoms with E-state index in [1.165, 1.54) is 26.2 Å². The number of piperazine rings is 1. The number of rotatable bonds is 1. The van der Waals surface area contributed by atoms with Gasteiger partial charge in [0.2, 0.25) is 0 Å². The number of hydrogen-bond acceptors (Lipinski definition) is 4. The molecule has 1 saturated heterocycles. The summed E-state index contributed by atoms with van der Waals surface area (Å²) in [6, 6.07) is 1.74. The topological polar surface area (TPSA) is 59.6 Å². The average Bonchev–Trinajstić information content (AvgIpc) is 2.88. The first-order valence-electron chi connectivity index (χ1n) is 7.32. The summed E-state index contributed by atoms with van der Waals surface area (Å²) in [6.45, 7) is 4.93. The van der Waals surface area contributed by atoms with Gasteiger partial charge < -0.3 is 19.9 Å². The number of aromatic nitrogens is 1. The SMILES string of the molecule is CN1CCN(C)CC1.O=Cc1cc2c([nH]1)CCCC2O. The van der Waals surface area contributed by atoms with Gasteiger partial charge in [0.25, 0.3) is 0 Å². The van der Waals surface area contributed by atoms with Gasteiger partial charge in [0, 0.05) is 37.4 Å². The summed E-state index contributed by atoms with van der Waals surface area (Å²) >= 11 is 0. The second-order valence-electron chi connectivity index (χ2n) is 5.79. The van der Waals surface area contributed by atoms with E-state index in [1.54, 1.807) is 6.07 Å². The Morgan fingerprint density at radius 1 is 1.25 bits per heavy atom. The number of hydrogen-bond donors (Lipinski definition) is 2. The summed E-state index contributed by atoms with van der Waals surface area (Å²) in [5, 5.41) is 9.53. The van der Waals surface area contributed by atoms with Gasteiger partial charge in [-0.3, -0.25) is 4.79 Å².